The number of benzene rings is 2. The molecule has 0 radical (unpaired) electrons. The molecule has 0 saturated heterocycles. The standard InChI is InChI=1S/C18H22O3S/c1-13(17(20)12-22-16-5-3-2-4-6-16)18(21)15-9-7-14(11-19)8-10-15/h2-10,13,17-21H,11-12H2,1H3/t13-,17+,18+/m0/s1. The summed E-state index contributed by atoms with van der Waals surface area (Å²) in [6.07, 6.45) is -1.32. The van der Waals surface area contributed by atoms with Gasteiger partial charge in [-0.05, 0) is 23.3 Å². The van der Waals surface area contributed by atoms with Crippen molar-refractivity contribution in [3.8, 4) is 0 Å². The SMILES string of the molecule is C[C@@H]([C@H](O)CSc1ccccc1)[C@@H](O)c1ccc(CO)cc1. The second-order valence-electron chi connectivity index (χ2n) is 5.40. The van der Waals surface area contributed by atoms with E-state index in [-0.39, 0.29) is 12.5 Å². The van der Waals surface area contributed by atoms with E-state index in [1.807, 2.05) is 37.3 Å². The monoisotopic (exact) mass is 318 g/mol. The van der Waals surface area contributed by atoms with Crippen LogP contribution in [0, 0.1) is 5.92 Å². The summed E-state index contributed by atoms with van der Waals surface area (Å²) in [4.78, 5) is 1.11. The largest absolute Gasteiger partial charge is 0.392 e. The molecule has 0 aromatic heterocycles. The molecule has 0 unspecified atom stereocenters. The van der Waals surface area contributed by atoms with Gasteiger partial charge in [-0.15, -0.1) is 11.8 Å². The zero-order chi connectivity index (χ0) is 15.9. The number of hydrogen-bond acceptors (Lipinski definition) is 4. The third kappa shape index (κ3) is 4.58. The van der Waals surface area contributed by atoms with Gasteiger partial charge in [-0.25, -0.2) is 0 Å². The van der Waals surface area contributed by atoms with E-state index in [2.05, 4.69) is 0 Å². The van der Waals surface area contributed by atoms with Gasteiger partial charge in [-0.2, -0.15) is 0 Å². The lowest BCUT2D eigenvalue weighted by atomic mass is 9.93. The summed E-state index contributed by atoms with van der Waals surface area (Å²) in [5, 5.41) is 29.7. The van der Waals surface area contributed by atoms with Crippen molar-refractivity contribution in [2.24, 2.45) is 5.92 Å². The van der Waals surface area contributed by atoms with E-state index >= 15 is 0 Å². The molecule has 0 heterocycles. The average Bonchev–Trinajstić information content (AvgIpc) is 2.59. The van der Waals surface area contributed by atoms with Gasteiger partial charge in [0.1, 0.15) is 0 Å². The van der Waals surface area contributed by atoms with E-state index in [1.54, 1.807) is 36.0 Å². The summed E-state index contributed by atoms with van der Waals surface area (Å²) in [7, 11) is 0. The molecule has 0 bridgehead atoms. The van der Waals surface area contributed by atoms with Gasteiger partial charge < -0.3 is 15.3 Å². The highest BCUT2D eigenvalue weighted by molar-refractivity contribution is 7.99. The van der Waals surface area contributed by atoms with Gasteiger partial charge in [0.2, 0.25) is 0 Å². The first-order chi connectivity index (χ1) is 10.6. The van der Waals surface area contributed by atoms with Crippen LogP contribution >= 0.6 is 11.8 Å². The van der Waals surface area contributed by atoms with Crippen molar-refractivity contribution in [3.63, 3.8) is 0 Å². The summed E-state index contributed by atoms with van der Waals surface area (Å²) in [6, 6.07) is 17.1. The lowest BCUT2D eigenvalue weighted by Crippen LogP contribution is -2.26. The zero-order valence-corrected chi connectivity index (χ0v) is 13.4. The Kier molecular flexibility index (Phi) is 6.46. The summed E-state index contributed by atoms with van der Waals surface area (Å²) in [5.74, 6) is 0.271. The third-order valence-corrected chi connectivity index (χ3v) is 4.89. The maximum absolute atomic E-state index is 10.4. The highest BCUT2D eigenvalue weighted by atomic mass is 32.2. The minimum atomic E-state index is -0.723. The molecule has 3 atom stereocenters. The number of thioether (sulfide) groups is 1. The fourth-order valence-electron chi connectivity index (χ4n) is 2.18. The molecular weight excluding hydrogens is 296 g/mol. The molecule has 0 aliphatic carbocycles. The number of rotatable bonds is 7. The third-order valence-electron chi connectivity index (χ3n) is 3.77. The van der Waals surface area contributed by atoms with E-state index in [4.69, 9.17) is 5.11 Å². The molecule has 3 N–H and O–H groups in total. The maximum Gasteiger partial charge on any atom is 0.0840 e. The van der Waals surface area contributed by atoms with Gasteiger partial charge >= 0.3 is 0 Å². The number of aliphatic hydroxyl groups is 3. The maximum atomic E-state index is 10.4. The molecule has 3 nitrogen and oxygen atoms in total. The Balaban J connectivity index is 1.92. The van der Waals surface area contributed by atoms with Crippen LogP contribution in [0.15, 0.2) is 59.5 Å². The molecule has 0 amide bonds. The van der Waals surface area contributed by atoms with Crippen LogP contribution in [0.5, 0.6) is 0 Å². The van der Waals surface area contributed by atoms with E-state index in [9.17, 15) is 10.2 Å². The van der Waals surface area contributed by atoms with Gasteiger partial charge in [0.05, 0.1) is 18.8 Å². The van der Waals surface area contributed by atoms with Crippen LogP contribution in [0.2, 0.25) is 0 Å². The first kappa shape index (κ1) is 17.0. The van der Waals surface area contributed by atoms with Crippen LogP contribution in [0.3, 0.4) is 0 Å². The van der Waals surface area contributed by atoms with Gasteiger partial charge in [0, 0.05) is 16.6 Å². The van der Waals surface area contributed by atoms with E-state index < -0.39 is 12.2 Å². The van der Waals surface area contributed by atoms with E-state index in [0.29, 0.717) is 5.75 Å². The number of hydrogen-bond donors (Lipinski definition) is 3. The Morgan fingerprint density at radius 3 is 2.18 bits per heavy atom. The molecule has 2 rings (SSSR count). The quantitative estimate of drug-likeness (QED) is 0.687. The Bertz CT molecular complexity index is 556. The van der Waals surface area contributed by atoms with Crippen LogP contribution in [0.25, 0.3) is 0 Å². The molecule has 0 aliphatic heterocycles. The van der Waals surface area contributed by atoms with Gasteiger partial charge in [0.15, 0.2) is 0 Å². The molecule has 0 aliphatic rings. The van der Waals surface area contributed by atoms with Gasteiger partial charge in [0.25, 0.3) is 0 Å². The molecule has 118 valence electrons. The summed E-state index contributed by atoms with van der Waals surface area (Å²) in [5.41, 5.74) is 1.57. The van der Waals surface area contributed by atoms with Crippen LogP contribution in [-0.4, -0.2) is 27.2 Å². The second kappa shape index (κ2) is 8.34. The first-order valence-corrected chi connectivity index (χ1v) is 8.34. The molecule has 4 heteroatoms. The molecule has 22 heavy (non-hydrogen) atoms. The molecular formula is C18H22O3S. The molecule has 0 fully saturated rings. The van der Waals surface area contributed by atoms with Gasteiger partial charge in [-0.1, -0.05) is 49.4 Å². The van der Waals surface area contributed by atoms with E-state index in [1.165, 1.54) is 0 Å². The van der Waals surface area contributed by atoms with Crippen molar-refractivity contribution >= 4 is 11.8 Å². The molecule has 2 aromatic rings. The highest BCUT2D eigenvalue weighted by Crippen LogP contribution is 2.28. The lowest BCUT2D eigenvalue weighted by Gasteiger charge is -2.24. The summed E-state index contributed by atoms with van der Waals surface area (Å²) < 4.78 is 0. The Labute approximate surface area is 135 Å². The van der Waals surface area contributed by atoms with Crippen molar-refractivity contribution in [2.45, 2.75) is 30.6 Å². The van der Waals surface area contributed by atoms with Crippen LogP contribution < -0.4 is 0 Å². The molecule has 2 aromatic carbocycles. The van der Waals surface area contributed by atoms with Crippen molar-refractivity contribution in [2.75, 3.05) is 5.75 Å². The van der Waals surface area contributed by atoms with Crippen LogP contribution in [0.1, 0.15) is 24.2 Å². The minimum absolute atomic E-state index is 0.0116. The highest BCUT2D eigenvalue weighted by Gasteiger charge is 2.23. The second-order valence-corrected chi connectivity index (χ2v) is 6.49. The van der Waals surface area contributed by atoms with Crippen molar-refractivity contribution in [1.82, 2.24) is 0 Å². The Hall–Kier alpha value is -1.33. The van der Waals surface area contributed by atoms with Gasteiger partial charge in [-0.3, -0.25) is 0 Å². The predicted octanol–water partition coefficient (Wildman–Crippen LogP) is 3.00. The van der Waals surface area contributed by atoms with Crippen LogP contribution in [0.4, 0.5) is 0 Å². The summed E-state index contributed by atoms with van der Waals surface area (Å²) >= 11 is 1.58. The zero-order valence-electron chi connectivity index (χ0n) is 12.6. The number of aliphatic hydroxyl groups excluding tert-OH is 3. The topological polar surface area (TPSA) is 60.7 Å². The molecule has 0 spiro atoms. The van der Waals surface area contributed by atoms with Crippen molar-refractivity contribution in [1.29, 1.82) is 0 Å². The van der Waals surface area contributed by atoms with E-state index in [0.717, 1.165) is 16.0 Å². The fraction of sp³-hybridized carbons (Fsp3) is 0.333. The average molecular weight is 318 g/mol. The molecule has 0 saturated carbocycles. The predicted molar refractivity (Wildman–Crippen MR) is 89.7 cm³/mol. The van der Waals surface area contributed by atoms with Crippen molar-refractivity contribution in [3.05, 3.63) is 65.7 Å². The van der Waals surface area contributed by atoms with Crippen molar-refractivity contribution < 1.29 is 15.3 Å². The fourth-order valence-corrected chi connectivity index (χ4v) is 3.20. The first-order valence-electron chi connectivity index (χ1n) is 7.35. The lowest BCUT2D eigenvalue weighted by molar-refractivity contribution is 0.0330. The Morgan fingerprint density at radius 1 is 0.955 bits per heavy atom. The smallest absolute Gasteiger partial charge is 0.0840 e. The minimum Gasteiger partial charge on any atom is -0.392 e. The Morgan fingerprint density at radius 2 is 1.59 bits per heavy atom. The summed E-state index contributed by atoms with van der Waals surface area (Å²) in [6.45, 7) is 1.84. The van der Waals surface area contributed by atoms with Crippen LogP contribution in [-0.2, 0) is 6.61 Å². The normalized spacial score (nSPS) is 15.3.